The first-order valence-corrected chi connectivity index (χ1v) is 26.1. The topological polar surface area (TPSA) is 207 Å². The van der Waals surface area contributed by atoms with Gasteiger partial charge in [-0.15, -0.1) is 11.3 Å². The van der Waals surface area contributed by atoms with Gasteiger partial charge in [0.2, 0.25) is 18.0 Å². The number of hydrogen-bond donors (Lipinski definition) is 4. The minimum absolute atomic E-state index is 0.0549. The first kappa shape index (κ1) is 47.2. The summed E-state index contributed by atoms with van der Waals surface area (Å²) < 4.78 is 45.5. The molecule has 6 aromatic rings. The monoisotopic (exact) mass is 1020 g/mol. The number of amides is 4. The fourth-order valence-electron chi connectivity index (χ4n) is 12.0. The molecule has 382 valence electrons. The SMILES string of the molecule is COC(=O)N[C@H](C(=O)N1C[C@H](F)C[C@H]1c1nc(-c2ccc3c(c2)OC(c2ccc(C)s2)n2c-3cc3cc(-c4c[nH]c([C@@H]5C[C@H]6C[C@H]6N5C(=O)[C@@H](NC(=O)OC)C5CCOCC5)n4)ccc32)c[nH]1)C1CCOCC1. The van der Waals surface area contributed by atoms with Crippen LogP contribution in [0.25, 0.3) is 44.7 Å². The maximum Gasteiger partial charge on any atom is 0.407 e. The van der Waals surface area contributed by atoms with E-state index in [9.17, 15) is 19.2 Å². The van der Waals surface area contributed by atoms with E-state index in [1.165, 1.54) is 19.1 Å². The van der Waals surface area contributed by atoms with Crippen LogP contribution in [0.3, 0.4) is 0 Å². The van der Waals surface area contributed by atoms with Crippen molar-refractivity contribution in [3.63, 3.8) is 0 Å². The molecule has 1 saturated carbocycles. The molecule has 0 radical (unpaired) electrons. The van der Waals surface area contributed by atoms with Gasteiger partial charge >= 0.3 is 12.2 Å². The highest BCUT2D eigenvalue weighted by atomic mass is 32.1. The van der Waals surface area contributed by atoms with E-state index in [0.29, 0.717) is 75.3 Å². The quantitative estimate of drug-likeness (QED) is 0.0979. The second-order valence-corrected chi connectivity index (χ2v) is 21.5. The number of methoxy groups -OCH3 is 2. The number of carbonyl (C=O) groups excluding carboxylic acids is 4. The fraction of sp³-hybridized carbons (Fsp3) is 0.472. The van der Waals surface area contributed by atoms with E-state index >= 15 is 4.39 Å². The minimum Gasteiger partial charge on any atom is -0.464 e. The van der Waals surface area contributed by atoms with Crippen molar-refractivity contribution < 1.29 is 47.3 Å². The third-order valence-electron chi connectivity index (χ3n) is 15.8. The van der Waals surface area contributed by atoms with Gasteiger partial charge in [0.1, 0.15) is 35.7 Å². The maximum atomic E-state index is 15.3. The smallest absolute Gasteiger partial charge is 0.407 e. The molecular weight excluding hydrogens is 958 g/mol. The molecule has 18 nitrogen and oxygen atoms in total. The standard InChI is InChI=1S/C53H58FN9O9S/c1-27-4-9-44(73-27)51-63-38-8-6-30(36-24-56-48(58-36)42-21-33-19-39(33)62(42)50(65)46(60-53(67)69-3)29-12-16-71-17-13-29)18-32(38)20-40(63)35-7-5-31(22-43(35)72-51)37-25-55-47(57-37)41-23-34(54)26-61(41)49(64)45(59-52(66)68-2)28-10-14-70-15-11-28/h4-9,18,20,22,24-25,28-29,33-34,39,41-42,45-46,51H,10-17,19,21,23,26H2,1-3H3,(H,55,57)(H,56,58)(H,59,66)(H,60,67)/t33-,34-,39-,41+,42+,45+,46+,51?/m1/s1. The zero-order valence-electron chi connectivity index (χ0n) is 40.8. The summed E-state index contributed by atoms with van der Waals surface area (Å²) in [5.41, 5.74) is 5.94. The molecule has 73 heavy (non-hydrogen) atoms. The van der Waals surface area contributed by atoms with Crippen molar-refractivity contribution in [3.8, 4) is 39.5 Å². The molecule has 6 aliphatic rings. The van der Waals surface area contributed by atoms with Crippen LogP contribution in [0.5, 0.6) is 5.75 Å². The summed E-state index contributed by atoms with van der Waals surface area (Å²) in [4.78, 5) is 76.0. The third-order valence-corrected chi connectivity index (χ3v) is 16.8. The molecule has 0 spiro atoms. The van der Waals surface area contributed by atoms with Gasteiger partial charge in [-0.25, -0.2) is 23.9 Å². The predicted molar refractivity (Wildman–Crippen MR) is 266 cm³/mol. The lowest BCUT2D eigenvalue weighted by Crippen LogP contribution is -2.54. The Labute approximate surface area is 424 Å². The molecule has 4 saturated heterocycles. The molecule has 4 aromatic heterocycles. The molecule has 5 aliphatic heterocycles. The van der Waals surface area contributed by atoms with Gasteiger partial charge in [0.05, 0.1) is 60.3 Å². The summed E-state index contributed by atoms with van der Waals surface area (Å²) in [6.07, 6.45) is 4.92. The van der Waals surface area contributed by atoms with E-state index in [-0.39, 0.29) is 48.7 Å². The molecule has 5 fully saturated rings. The lowest BCUT2D eigenvalue weighted by Gasteiger charge is -2.35. The van der Waals surface area contributed by atoms with Gasteiger partial charge in [-0.05, 0) is 106 Å². The van der Waals surface area contributed by atoms with Crippen molar-refractivity contribution in [2.75, 3.05) is 47.2 Å². The average molecular weight is 1020 g/mol. The van der Waals surface area contributed by atoms with Crippen LogP contribution in [0.1, 0.15) is 84.7 Å². The molecular formula is C53H58FN9O9S. The van der Waals surface area contributed by atoms with Gasteiger partial charge in [0, 0.05) is 78.2 Å². The Morgan fingerprint density at radius 2 is 1.40 bits per heavy atom. The Hall–Kier alpha value is -6.77. The summed E-state index contributed by atoms with van der Waals surface area (Å²) >= 11 is 1.68. The number of benzene rings is 2. The molecule has 1 unspecified atom stereocenters. The number of aryl methyl sites for hydroxylation is 1. The highest BCUT2D eigenvalue weighted by molar-refractivity contribution is 7.12. The second-order valence-electron chi connectivity index (χ2n) is 20.2. The van der Waals surface area contributed by atoms with Crippen molar-refractivity contribution in [2.24, 2.45) is 17.8 Å². The van der Waals surface area contributed by atoms with E-state index in [2.05, 4.69) is 68.5 Å². The number of H-pyrrole nitrogens is 2. The summed E-state index contributed by atoms with van der Waals surface area (Å²) in [6, 6.07) is 16.3. The van der Waals surface area contributed by atoms with Crippen molar-refractivity contribution >= 4 is 46.2 Å². The van der Waals surface area contributed by atoms with Gasteiger partial charge in [-0.1, -0.05) is 12.1 Å². The summed E-state index contributed by atoms with van der Waals surface area (Å²) in [5, 5.41) is 6.60. The molecule has 12 rings (SSSR count). The van der Waals surface area contributed by atoms with Crippen LogP contribution in [0.2, 0.25) is 0 Å². The maximum absolute atomic E-state index is 15.3. The van der Waals surface area contributed by atoms with Crippen LogP contribution in [-0.4, -0.2) is 130 Å². The Bertz CT molecular complexity index is 3080. The second kappa shape index (κ2) is 19.3. The normalized spacial score (nSPS) is 24.5. The largest absolute Gasteiger partial charge is 0.464 e. The number of fused-ring (bicyclic) bond motifs is 6. The number of nitrogens with zero attached hydrogens (tertiary/aromatic N) is 5. The summed E-state index contributed by atoms with van der Waals surface area (Å²) in [7, 11) is 2.57. The van der Waals surface area contributed by atoms with Gasteiger partial charge in [0.25, 0.3) is 0 Å². The van der Waals surface area contributed by atoms with Gasteiger partial charge in [0.15, 0.2) is 0 Å². The number of imidazole rings is 2. The molecule has 2 aromatic carbocycles. The number of piperidine rings is 1. The third kappa shape index (κ3) is 8.79. The van der Waals surface area contributed by atoms with E-state index in [4.69, 9.17) is 33.7 Å². The van der Waals surface area contributed by atoms with Crippen LogP contribution in [-0.2, 0) is 28.5 Å². The average Bonchev–Trinajstić information content (AvgIpc) is 4.16. The number of alkyl halides is 1. The number of nitrogens with one attached hydrogen (secondary N) is 4. The van der Waals surface area contributed by atoms with Gasteiger partial charge < -0.3 is 54.1 Å². The molecule has 20 heteroatoms. The number of thiophene rings is 1. The van der Waals surface area contributed by atoms with Crippen molar-refractivity contribution in [2.45, 2.75) is 94.5 Å². The Morgan fingerprint density at radius 3 is 2.04 bits per heavy atom. The molecule has 4 N–H and O–H groups in total. The van der Waals surface area contributed by atoms with Crippen LogP contribution in [0.15, 0.2) is 67.0 Å². The molecule has 4 amide bonds. The number of alkyl carbamates (subject to hydrolysis) is 2. The number of likely N-dealkylation sites (tertiary alicyclic amines) is 2. The van der Waals surface area contributed by atoms with Crippen molar-refractivity contribution in [1.29, 1.82) is 0 Å². The van der Waals surface area contributed by atoms with Crippen molar-refractivity contribution in [1.82, 2.24) is 44.9 Å². The first-order valence-electron chi connectivity index (χ1n) is 25.3. The zero-order chi connectivity index (χ0) is 50.1. The van der Waals surface area contributed by atoms with E-state index in [1.807, 2.05) is 29.3 Å². The fourth-order valence-corrected chi connectivity index (χ4v) is 12.9. The molecule has 1 aliphatic carbocycles. The number of aromatic nitrogens is 5. The van der Waals surface area contributed by atoms with Crippen LogP contribution in [0, 0.1) is 24.7 Å². The lowest BCUT2D eigenvalue weighted by atomic mass is 9.90. The molecule has 0 bridgehead atoms. The lowest BCUT2D eigenvalue weighted by molar-refractivity contribution is -0.138. The molecule has 9 heterocycles. The predicted octanol–water partition coefficient (Wildman–Crippen LogP) is 7.97. The highest BCUT2D eigenvalue weighted by Crippen LogP contribution is 2.54. The highest BCUT2D eigenvalue weighted by Gasteiger charge is 2.57. The van der Waals surface area contributed by atoms with E-state index < -0.39 is 42.7 Å². The number of ether oxygens (including phenoxy) is 5. The first-order chi connectivity index (χ1) is 35.5. The van der Waals surface area contributed by atoms with Crippen molar-refractivity contribution in [3.05, 3.63) is 88.4 Å². The Morgan fingerprint density at radius 1 is 0.767 bits per heavy atom. The minimum atomic E-state index is -1.27. The van der Waals surface area contributed by atoms with Gasteiger partial charge in [-0.3, -0.25) is 14.2 Å². The number of halogens is 1. The number of aromatic amines is 2. The van der Waals surface area contributed by atoms with Crippen LogP contribution >= 0.6 is 11.3 Å². The summed E-state index contributed by atoms with van der Waals surface area (Å²) in [6.45, 7) is 3.98. The zero-order valence-corrected chi connectivity index (χ0v) is 41.6. The van der Waals surface area contributed by atoms with E-state index in [0.717, 1.165) is 67.4 Å². The summed E-state index contributed by atoms with van der Waals surface area (Å²) in [5.74, 6) is 1.53. The number of hydrogen-bond acceptors (Lipinski definition) is 12. The number of rotatable bonds is 11. The van der Waals surface area contributed by atoms with Gasteiger partial charge in [-0.2, -0.15) is 0 Å². The Kier molecular flexibility index (Phi) is 12.5. The van der Waals surface area contributed by atoms with Crippen LogP contribution in [0.4, 0.5) is 14.0 Å². The number of carbonyl (C=O) groups is 4. The molecule has 8 atom stereocenters. The van der Waals surface area contributed by atoms with E-state index in [1.54, 1.807) is 17.5 Å². The van der Waals surface area contributed by atoms with Crippen LogP contribution < -0.4 is 15.4 Å². The Balaban J connectivity index is 0.823.